The second-order valence-electron chi connectivity index (χ2n) is 18.8. The molecule has 0 spiro atoms. The Kier molecular flexibility index (Phi) is 298. The SMILES string of the molecule is C=O.C=O.C=O.C=O.C=O.C=O.C=O.C=O.C=O.C=O.CC(=O)N(C)[C@@H](Cc1ccccc1)C(=O)N[C@@H](C)C(=O)N1CCCCC1.CC(C)C.CC(C)C.CC(C)O.CCC(C)C.CCC(C)C.CCc1ccccc1.CCc1ccccc1.CN.CN.CN.CN.CN.N.N.N.N.N. The van der Waals surface area contributed by atoms with Crippen molar-refractivity contribution in [2.24, 2.45) is 52.3 Å². The zero-order chi connectivity index (χ0) is 80.0. The second kappa shape index (κ2) is 180. The first-order chi connectivity index (χ1) is 45.0. The molecule has 0 unspecified atom stereocenters. The summed E-state index contributed by atoms with van der Waals surface area (Å²) in [5, 5.41) is 10.9. The molecule has 99 heavy (non-hydrogen) atoms. The van der Waals surface area contributed by atoms with Crippen LogP contribution < -0.4 is 64.7 Å². The molecular formula is C72H161N13O14. The third-order valence-corrected chi connectivity index (χ3v) is 9.07. The smallest absolute Gasteiger partial charge is 0.244 e. The summed E-state index contributed by atoms with van der Waals surface area (Å²) in [5.41, 5.74) is 26.3. The number of benzene rings is 3. The van der Waals surface area contributed by atoms with E-state index in [9.17, 15) is 14.4 Å². The van der Waals surface area contributed by atoms with Gasteiger partial charge in [0.2, 0.25) is 17.7 Å². The molecule has 1 saturated heterocycles. The first-order valence-electron chi connectivity index (χ1n) is 30.4. The van der Waals surface area contributed by atoms with Crippen molar-refractivity contribution in [3.05, 3.63) is 108 Å². The molecule has 1 aliphatic rings. The number of aliphatic hydroxyl groups excluding tert-OH is 1. The molecule has 0 aromatic heterocycles. The maximum absolute atomic E-state index is 12.8. The van der Waals surface area contributed by atoms with Crippen LogP contribution >= 0.6 is 0 Å². The van der Waals surface area contributed by atoms with Crippen LogP contribution in [0.4, 0.5) is 0 Å². The quantitative estimate of drug-likeness (QED) is 0.0897. The highest BCUT2D eigenvalue weighted by Gasteiger charge is 2.29. The molecule has 0 aliphatic carbocycles. The molecule has 0 saturated carbocycles. The van der Waals surface area contributed by atoms with Crippen LogP contribution in [-0.4, -0.2) is 174 Å². The summed E-state index contributed by atoms with van der Waals surface area (Å²) < 4.78 is 0. The molecule has 598 valence electrons. The van der Waals surface area contributed by atoms with Crippen LogP contribution in [0.2, 0.25) is 0 Å². The van der Waals surface area contributed by atoms with Crippen molar-refractivity contribution >= 4 is 85.6 Å². The molecule has 0 bridgehead atoms. The zero-order valence-corrected chi connectivity index (χ0v) is 67.4. The number of aliphatic hydroxyl groups is 1. The van der Waals surface area contributed by atoms with Crippen LogP contribution in [0.25, 0.3) is 0 Å². The Morgan fingerprint density at radius 1 is 0.424 bits per heavy atom. The van der Waals surface area contributed by atoms with Gasteiger partial charge >= 0.3 is 0 Å². The standard InChI is InChI=1S/C20H29N3O3.2C8H10.2C5H12.2C4H10.C3H8O.5CH5N.10CH2O.5H3N/c1-15(20(26)23-12-8-5-9-13-23)21-19(25)18(22(3)16(2)24)14-17-10-6-4-7-11-17;2*1-2-8-6-4-3-5-7-8;2*1-4-5(2)3;2*1-4(2)3;1-3(2)4;15*1-2;;;;;/h4,6-7,10-11,15,18H,5,8-9,12-14H2,1-3H3,(H,21,25);2*3-7H,2H2,1H3;2*5H,4H2,1-3H3;2*4H,1-3H3;3-4H,1-2H3;5*2H2,1H3;10*1H2;5*1H3/t15-,18-;;;;;;;;;;;;;;;;;;;;;;;;;;;/m0.........................../s1. The monoisotopic (exact) mass is 1430 g/mol. The van der Waals surface area contributed by atoms with Gasteiger partial charge in [0, 0.05) is 39.6 Å². The Bertz CT molecular complexity index is 1590. The normalized spacial score (nSPS) is 8.58. The Labute approximate surface area is 606 Å². The van der Waals surface area contributed by atoms with E-state index in [1.165, 1.54) is 71.0 Å². The summed E-state index contributed by atoms with van der Waals surface area (Å²) >= 11 is 0. The number of hydrogen-bond donors (Lipinski definition) is 12. The molecule has 1 aliphatic heterocycles. The molecular weight excluding hydrogens is 1270 g/mol. The Hall–Kier alpha value is -7.67. The molecule has 1 heterocycles. The van der Waals surface area contributed by atoms with E-state index in [2.05, 4.69) is 179 Å². The average molecular weight is 1430 g/mol. The van der Waals surface area contributed by atoms with Crippen molar-refractivity contribution in [1.82, 2.24) is 45.9 Å². The third kappa shape index (κ3) is 194. The summed E-state index contributed by atoms with van der Waals surface area (Å²) in [6.07, 6.45) is 8.30. The van der Waals surface area contributed by atoms with E-state index in [-0.39, 0.29) is 54.6 Å². The van der Waals surface area contributed by atoms with Crippen molar-refractivity contribution < 1.29 is 67.4 Å². The van der Waals surface area contributed by atoms with Gasteiger partial charge in [-0.15, -0.1) is 0 Å². The minimum Gasteiger partial charge on any atom is -0.394 e. The lowest BCUT2D eigenvalue weighted by atomic mass is 10.0. The van der Waals surface area contributed by atoms with Gasteiger partial charge in [-0.1, -0.05) is 201 Å². The van der Waals surface area contributed by atoms with E-state index in [4.69, 9.17) is 53.1 Å². The number of rotatable bonds is 10. The van der Waals surface area contributed by atoms with E-state index >= 15 is 0 Å². The van der Waals surface area contributed by atoms with Crippen LogP contribution in [0.1, 0.15) is 173 Å². The number of nitrogens with one attached hydrogen (secondary N) is 1. The number of carbonyl (C=O) groups excluding carboxylic acids is 13. The third-order valence-electron chi connectivity index (χ3n) is 9.07. The van der Waals surface area contributed by atoms with Gasteiger partial charge in [-0.25, -0.2) is 0 Å². The van der Waals surface area contributed by atoms with E-state index in [0.717, 1.165) is 74.4 Å². The zero-order valence-electron chi connectivity index (χ0n) is 67.4. The number of hydrogen-bond acceptors (Lipinski definition) is 24. The average Bonchev–Trinajstić information content (AvgIpc) is 0.859. The molecule has 27 N–H and O–H groups in total. The van der Waals surface area contributed by atoms with E-state index in [1.54, 1.807) is 27.8 Å². The maximum Gasteiger partial charge on any atom is 0.244 e. The summed E-state index contributed by atoms with van der Waals surface area (Å²) in [5.74, 6) is 2.90. The summed E-state index contributed by atoms with van der Waals surface area (Å²) in [6, 6.07) is 29.2. The largest absolute Gasteiger partial charge is 0.394 e. The topological polar surface area (TPSA) is 566 Å². The minimum absolute atomic E-state index is 0. The van der Waals surface area contributed by atoms with Gasteiger partial charge < -0.3 is 128 Å². The molecule has 3 amide bonds. The predicted octanol–water partition coefficient (Wildman–Crippen LogP) is 10.7. The highest BCUT2D eigenvalue weighted by molar-refractivity contribution is 5.91. The number of aryl methyl sites for hydroxylation is 2. The predicted molar refractivity (Wildman–Crippen MR) is 428 cm³/mol. The Morgan fingerprint density at radius 3 is 0.778 bits per heavy atom. The van der Waals surface area contributed by atoms with E-state index in [1.807, 2.05) is 115 Å². The minimum atomic E-state index is -0.647. The van der Waals surface area contributed by atoms with Crippen molar-refractivity contribution in [2.75, 3.05) is 55.4 Å². The van der Waals surface area contributed by atoms with Gasteiger partial charge in [0.1, 0.15) is 80.0 Å². The van der Waals surface area contributed by atoms with Gasteiger partial charge in [-0.2, -0.15) is 0 Å². The van der Waals surface area contributed by atoms with Crippen molar-refractivity contribution in [3.8, 4) is 0 Å². The number of amides is 3. The van der Waals surface area contributed by atoms with Gasteiger partial charge in [0.05, 0.1) is 0 Å². The summed E-state index contributed by atoms with van der Waals surface area (Å²) in [4.78, 5) is 120. The van der Waals surface area contributed by atoms with Crippen LogP contribution in [0.5, 0.6) is 0 Å². The molecule has 4 rings (SSSR count). The lowest BCUT2D eigenvalue weighted by molar-refractivity contribution is -0.140. The van der Waals surface area contributed by atoms with Crippen molar-refractivity contribution in [2.45, 2.75) is 194 Å². The van der Waals surface area contributed by atoms with Crippen LogP contribution in [-0.2, 0) is 81.6 Å². The lowest BCUT2D eigenvalue weighted by Crippen LogP contribution is -2.54. The second-order valence-corrected chi connectivity index (χ2v) is 18.8. The van der Waals surface area contributed by atoms with Crippen molar-refractivity contribution in [1.29, 1.82) is 0 Å². The molecule has 3 aromatic carbocycles. The Balaban J connectivity index is -0.0000000300. The number of likely N-dealkylation sites (N-methyl/N-ethyl adjacent to an activating group) is 1. The first-order valence-corrected chi connectivity index (χ1v) is 30.4. The molecule has 1 fully saturated rings. The maximum atomic E-state index is 12.8. The van der Waals surface area contributed by atoms with E-state index in [0.29, 0.717) is 6.42 Å². The van der Waals surface area contributed by atoms with E-state index < -0.39 is 12.1 Å². The fraction of sp³-hybridized carbons (Fsp3) is 0.569. The fourth-order valence-electron chi connectivity index (χ4n) is 4.65. The number of carbonyl (C=O) groups is 13. The van der Waals surface area contributed by atoms with Gasteiger partial charge in [-0.3, -0.25) is 14.4 Å². The van der Waals surface area contributed by atoms with Crippen LogP contribution in [0, 0.1) is 23.7 Å². The molecule has 0 radical (unpaired) electrons. The first kappa shape index (κ1) is 164. The van der Waals surface area contributed by atoms with Crippen LogP contribution in [0.15, 0.2) is 91.0 Å². The number of nitrogens with zero attached hydrogens (tertiary/aromatic N) is 2. The summed E-state index contributed by atoms with van der Waals surface area (Å²) in [6.45, 7) is 58.7. The van der Waals surface area contributed by atoms with Crippen molar-refractivity contribution in [3.63, 3.8) is 0 Å². The number of nitrogens with two attached hydrogens (primary N) is 5. The highest BCUT2D eigenvalue weighted by Crippen LogP contribution is 2.12. The molecule has 2 atom stereocenters. The van der Waals surface area contributed by atoms with Crippen LogP contribution in [0.3, 0.4) is 0 Å². The Morgan fingerprint density at radius 2 is 0.616 bits per heavy atom. The van der Waals surface area contributed by atoms with Gasteiger partial charge in [0.25, 0.3) is 0 Å². The highest BCUT2D eigenvalue weighted by atomic mass is 16.3. The lowest BCUT2D eigenvalue weighted by Gasteiger charge is -2.31. The number of piperidine rings is 1. The fourth-order valence-corrected chi connectivity index (χ4v) is 4.65. The molecule has 3 aromatic rings. The van der Waals surface area contributed by atoms with Gasteiger partial charge in [0.15, 0.2) is 0 Å². The molecule has 27 nitrogen and oxygen atoms in total. The van der Waals surface area contributed by atoms with Gasteiger partial charge in [-0.05, 0) is 128 Å². The summed E-state index contributed by atoms with van der Waals surface area (Å²) in [7, 11) is 9.12. The number of likely N-dealkylation sites (tertiary alicyclic amines) is 1. The molecule has 27 heteroatoms.